The Bertz CT molecular complexity index is 1490. The second kappa shape index (κ2) is 47.2. The Balaban J connectivity index is 4.38. The van der Waals surface area contributed by atoms with Crippen LogP contribution in [0.2, 0.25) is 0 Å². The van der Waals surface area contributed by atoms with Crippen LogP contribution in [0.3, 0.4) is 0 Å². The monoisotopic (exact) mass is 916 g/mol. The number of likely N-dealkylation sites (N-methyl/N-ethyl adjacent to an activating group) is 1. The number of unbranched alkanes of at least 4 members (excludes halogenated alkanes) is 10. The molecule has 0 aliphatic rings. The molecule has 0 saturated carbocycles. The highest BCUT2D eigenvalue weighted by molar-refractivity contribution is 5.70. The van der Waals surface area contributed by atoms with Gasteiger partial charge in [-0.3, -0.25) is 9.59 Å². The summed E-state index contributed by atoms with van der Waals surface area (Å²) in [6.45, 7) is 4.35. The van der Waals surface area contributed by atoms with E-state index >= 15 is 0 Å². The first-order valence-electron chi connectivity index (χ1n) is 25.6. The van der Waals surface area contributed by atoms with Crippen molar-refractivity contribution < 1.29 is 38.2 Å². The first kappa shape index (κ1) is 61.7. The maximum absolute atomic E-state index is 12.8. The molecule has 0 spiro atoms. The summed E-state index contributed by atoms with van der Waals surface area (Å²) in [6.07, 6.45) is 66.6. The van der Waals surface area contributed by atoms with Crippen molar-refractivity contribution in [2.45, 2.75) is 187 Å². The van der Waals surface area contributed by atoms with E-state index in [0.717, 1.165) is 96.3 Å². The van der Waals surface area contributed by atoms with Crippen LogP contribution in [-0.2, 0) is 28.6 Å². The van der Waals surface area contributed by atoms with Gasteiger partial charge in [0.05, 0.1) is 40.3 Å². The van der Waals surface area contributed by atoms with E-state index in [9.17, 15) is 19.5 Å². The Kier molecular flexibility index (Phi) is 44.2. The van der Waals surface area contributed by atoms with Crippen molar-refractivity contribution in [2.75, 3.05) is 41.0 Å². The molecule has 0 heterocycles. The minimum atomic E-state index is -1.14. The van der Waals surface area contributed by atoms with E-state index in [1.165, 1.54) is 38.5 Å². The van der Waals surface area contributed by atoms with Gasteiger partial charge in [-0.2, -0.15) is 0 Å². The maximum atomic E-state index is 12.8. The molecule has 0 radical (unpaired) electrons. The number of nitrogens with zero attached hydrogens (tertiary/aromatic N) is 1. The van der Waals surface area contributed by atoms with Crippen molar-refractivity contribution in [3.63, 3.8) is 0 Å². The summed E-state index contributed by atoms with van der Waals surface area (Å²) in [4.78, 5) is 37.0. The highest BCUT2D eigenvalue weighted by Crippen LogP contribution is 2.13. The molecular weight excluding hydrogens is 823 g/mol. The summed E-state index contributed by atoms with van der Waals surface area (Å²) < 4.78 is 17.2. The summed E-state index contributed by atoms with van der Waals surface area (Å²) in [5, 5.41) is 11.7. The zero-order valence-corrected chi connectivity index (χ0v) is 42.3. The van der Waals surface area contributed by atoms with Crippen molar-refractivity contribution in [3.05, 3.63) is 122 Å². The number of carboxylic acids is 1. The van der Waals surface area contributed by atoms with Crippen molar-refractivity contribution in [3.8, 4) is 0 Å². The summed E-state index contributed by atoms with van der Waals surface area (Å²) in [7, 11) is 5.38. The minimum absolute atomic E-state index is 0.00745. The fraction of sp³-hybridized carbons (Fsp3) is 0.603. The average Bonchev–Trinajstić information content (AvgIpc) is 3.28. The Labute approximate surface area is 403 Å². The number of esters is 2. The van der Waals surface area contributed by atoms with Gasteiger partial charge in [-0.25, -0.2) is 0 Å². The SMILES string of the molecule is CC/C=C/C/C=C/C/C=C/C/C=C/C/C=C/C/C=C/CCCC(=O)OC(COCCC(C(=O)[O-])[N+](C)(C)C)COC(=O)CCCCCCCCCCC/C=C/C/C=C/C/C=C/C/C=C/CC. The number of allylic oxidation sites excluding steroid dienone is 20. The van der Waals surface area contributed by atoms with Crippen molar-refractivity contribution in [1.29, 1.82) is 0 Å². The van der Waals surface area contributed by atoms with Crippen LogP contribution in [0.5, 0.6) is 0 Å². The van der Waals surface area contributed by atoms with Crippen LogP contribution in [0.25, 0.3) is 0 Å². The second-order valence-electron chi connectivity index (χ2n) is 17.6. The number of quaternary nitrogens is 1. The third kappa shape index (κ3) is 44.9. The van der Waals surface area contributed by atoms with E-state index < -0.39 is 18.1 Å². The van der Waals surface area contributed by atoms with Crippen molar-refractivity contribution in [1.82, 2.24) is 0 Å². The van der Waals surface area contributed by atoms with Gasteiger partial charge in [-0.05, 0) is 96.3 Å². The lowest BCUT2D eigenvalue weighted by atomic mass is 10.1. The van der Waals surface area contributed by atoms with E-state index in [1.54, 1.807) is 21.1 Å². The first-order chi connectivity index (χ1) is 32.1. The lowest BCUT2D eigenvalue weighted by Crippen LogP contribution is -2.55. The van der Waals surface area contributed by atoms with Gasteiger partial charge in [0, 0.05) is 19.3 Å². The van der Waals surface area contributed by atoms with Gasteiger partial charge in [0.15, 0.2) is 6.10 Å². The lowest BCUT2D eigenvalue weighted by molar-refractivity contribution is -0.889. The Morgan fingerprint density at radius 3 is 1.23 bits per heavy atom. The quantitative estimate of drug-likeness (QED) is 0.0260. The van der Waals surface area contributed by atoms with Gasteiger partial charge in [-0.1, -0.05) is 180 Å². The highest BCUT2D eigenvalue weighted by atomic mass is 16.6. The molecule has 0 bridgehead atoms. The van der Waals surface area contributed by atoms with Crippen LogP contribution in [-0.4, -0.2) is 75.5 Å². The molecule has 0 amide bonds. The van der Waals surface area contributed by atoms with Crippen molar-refractivity contribution >= 4 is 17.9 Å². The molecule has 8 heteroatoms. The van der Waals surface area contributed by atoms with Crippen LogP contribution in [0.1, 0.15) is 174 Å². The normalized spacial score (nSPS) is 13.9. The van der Waals surface area contributed by atoms with E-state index in [-0.39, 0.29) is 49.1 Å². The van der Waals surface area contributed by atoms with Crippen LogP contribution in [0.4, 0.5) is 0 Å². The predicted octanol–water partition coefficient (Wildman–Crippen LogP) is 13.6. The Morgan fingerprint density at radius 1 is 0.455 bits per heavy atom. The molecule has 0 aromatic heterocycles. The number of hydrogen-bond donors (Lipinski definition) is 0. The van der Waals surface area contributed by atoms with Gasteiger partial charge < -0.3 is 28.6 Å². The van der Waals surface area contributed by atoms with Gasteiger partial charge in [-0.15, -0.1) is 0 Å². The highest BCUT2D eigenvalue weighted by Gasteiger charge is 2.25. The second-order valence-corrected chi connectivity index (χ2v) is 17.6. The fourth-order valence-electron chi connectivity index (χ4n) is 6.72. The molecule has 0 fully saturated rings. The number of carbonyl (C=O) groups excluding carboxylic acids is 3. The maximum Gasteiger partial charge on any atom is 0.306 e. The molecule has 8 nitrogen and oxygen atoms in total. The molecule has 372 valence electrons. The predicted molar refractivity (Wildman–Crippen MR) is 277 cm³/mol. The van der Waals surface area contributed by atoms with Crippen molar-refractivity contribution in [2.24, 2.45) is 0 Å². The standard InChI is InChI=1S/C58H93NO7/c1-6-8-10-12-14-16-18-20-22-24-26-28-29-31-32-34-36-38-40-42-44-46-48-56(60)65-53-54(52-64-51-50-55(58(62)63)59(3,4)5)66-57(61)49-47-45-43-41-39-37-35-33-30-27-25-23-21-19-17-15-13-11-9-7-2/h8-11,14-17,20-23,26-28,30,35,37,41,43,54-55H,6-7,12-13,18-19,24-25,29,31-34,36,38-40,42,44-53H2,1-5H3/b10-8+,11-9+,16-14+,17-15+,22-20+,23-21+,28-26+,30-27+,37-35+,43-41+. The number of hydrogen-bond acceptors (Lipinski definition) is 7. The third-order valence-corrected chi connectivity index (χ3v) is 10.6. The topological polar surface area (TPSA) is 102 Å². The van der Waals surface area contributed by atoms with Gasteiger partial charge in [0.25, 0.3) is 0 Å². The minimum Gasteiger partial charge on any atom is -0.544 e. The molecule has 66 heavy (non-hydrogen) atoms. The molecule has 0 rings (SSSR count). The lowest BCUT2D eigenvalue weighted by Gasteiger charge is -2.34. The molecule has 0 aromatic rings. The molecular formula is C58H93NO7. The van der Waals surface area contributed by atoms with E-state index in [4.69, 9.17) is 14.2 Å². The summed E-state index contributed by atoms with van der Waals surface area (Å²) >= 11 is 0. The first-order valence-corrected chi connectivity index (χ1v) is 25.6. The van der Waals surface area contributed by atoms with Crippen LogP contribution >= 0.6 is 0 Å². The molecule has 2 unspecified atom stereocenters. The van der Waals surface area contributed by atoms with E-state index in [2.05, 4.69) is 135 Å². The summed E-state index contributed by atoms with van der Waals surface area (Å²) in [5.41, 5.74) is 0. The fourth-order valence-corrected chi connectivity index (χ4v) is 6.72. The van der Waals surface area contributed by atoms with Crippen LogP contribution in [0.15, 0.2) is 122 Å². The van der Waals surface area contributed by atoms with Gasteiger partial charge >= 0.3 is 11.9 Å². The van der Waals surface area contributed by atoms with Crippen LogP contribution < -0.4 is 5.11 Å². The van der Waals surface area contributed by atoms with Gasteiger partial charge in [0.1, 0.15) is 12.6 Å². The smallest absolute Gasteiger partial charge is 0.306 e. The Hall–Kier alpha value is -4.27. The largest absolute Gasteiger partial charge is 0.544 e. The number of carbonyl (C=O) groups is 3. The molecule has 0 aliphatic carbocycles. The molecule has 0 aliphatic heterocycles. The van der Waals surface area contributed by atoms with Crippen LogP contribution in [0, 0.1) is 0 Å². The van der Waals surface area contributed by atoms with E-state index in [1.807, 2.05) is 0 Å². The summed E-state index contributed by atoms with van der Waals surface area (Å²) in [6, 6.07) is -0.745. The molecule has 2 atom stereocenters. The number of rotatable bonds is 44. The van der Waals surface area contributed by atoms with E-state index in [0.29, 0.717) is 12.8 Å². The number of aliphatic carboxylic acids is 1. The number of carboxylic acid groups (broad SMARTS) is 1. The molecule has 0 saturated heterocycles. The molecule has 0 N–H and O–H groups in total. The van der Waals surface area contributed by atoms with Gasteiger partial charge in [0.2, 0.25) is 0 Å². The zero-order valence-electron chi connectivity index (χ0n) is 42.3. The summed E-state index contributed by atoms with van der Waals surface area (Å²) in [5.74, 6) is -1.83. The third-order valence-electron chi connectivity index (χ3n) is 10.6. The Morgan fingerprint density at radius 2 is 0.818 bits per heavy atom. The average molecular weight is 916 g/mol. The zero-order chi connectivity index (χ0) is 48.4. The molecule has 0 aromatic carbocycles. The number of ether oxygens (including phenoxy) is 3.